The number of imidazole rings is 1. The standard InChI is InChI=1S/C20H27ClN6O/c21-16-4-2-1-3-15(16)19-10-18(25-26-19)13-5-7-27(8-6-13)20(28)17(22)9-14-11-23-12-24-14/h1-4,11-13,17-19,25-26H,5-10,22H2,(H,23,24)/t17-,18?,19?/m0/s1. The molecule has 2 unspecified atom stereocenters. The Labute approximate surface area is 170 Å². The minimum Gasteiger partial charge on any atom is -0.348 e. The van der Waals surface area contributed by atoms with Crippen LogP contribution in [0.25, 0.3) is 0 Å². The fourth-order valence-electron chi connectivity index (χ4n) is 4.33. The van der Waals surface area contributed by atoms with Gasteiger partial charge in [-0.15, -0.1) is 0 Å². The molecule has 3 heterocycles. The van der Waals surface area contributed by atoms with E-state index in [2.05, 4.69) is 26.9 Å². The molecule has 4 rings (SSSR count). The van der Waals surface area contributed by atoms with Crippen molar-refractivity contribution in [2.24, 2.45) is 11.7 Å². The van der Waals surface area contributed by atoms with Gasteiger partial charge in [0.25, 0.3) is 0 Å². The average Bonchev–Trinajstić information content (AvgIpc) is 3.40. The lowest BCUT2D eigenvalue weighted by Gasteiger charge is -2.35. The summed E-state index contributed by atoms with van der Waals surface area (Å²) < 4.78 is 0. The van der Waals surface area contributed by atoms with Crippen molar-refractivity contribution < 1.29 is 4.79 Å². The molecule has 2 fully saturated rings. The number of aromatic nitrogens is 2. The second-order valence-corrected chi connectivity index (χ2v) is 8.16. The van der Waals surface area contributed by atoms with Crippen LogP contribution in [0.5, 0.6) is 0 Å². The number of nitrogens with two attached hydrogens (primary N) is 1. The van der Waals surface area contributed by atoms with Crippen molar-refractivity contribution in [3.05, 3.63) is 53.1 Å². The van der Waals surface area contributed by atoms with E-state index >= 15 is 0 Å². The highest BCUT2D eigenvalue weighted by Crippen LogP contribution is 2.33. The Kier molecular flexibility index (Phi) is 5.96. The molecule has 0 spiro atoms. The number of likely N-dealkylation sites (tertiary alicyclic amines) is 1. The van der Waals surface area contributed by atoms with Crippen molar-refractivity contribution in [1.29, 1.82) is 0 Å². The molecule has 7 nitrogen and oxygen atoms in total. The van der Waals surface area contributed by atoms with Gasteiger partial charge in [0, 0.05) is 48.5 Å². The summed E-state index contributed by atoms with van der Waals surface area (Å²) in [6, 6.07) is 8.07. The Morgan fingerprint density at radius 3 is 2.79 bits per heavy atom. The zero-order valence-corrected chi connectivity index (χ0v) is 16.5. The lowest BCUT2D eigenvalue weighted by Crippen LogP contribution is -2.50. The highest BCUT2D eigenvalue weighted by atomic mass is 35.5. The largest absolute Gasteiger partial charge is 0.348 e. The fourth-order valence-corrected chi connectivity index (χ4v) is 4.60. The number of benzene rings is 1. The van der Waals surface area contributed by atoms with E-state index in [9.17, 15) is 4.79 Å². The van der Waals surface area contributed by atoms with Crippen molar-refractivity contribution in [1.82, 2.24) is 25.7 Å². The average molecular weight is 403 g/mol. The van der Waals surface area contributed by atoms with Gasteiger partial charge in [-0.3, -0.25) is 10.2 Å². The van der Waals surface area contributed by atoms with Crippen LogP contribution in [-0.2, 0) is 11.2 Å². The first-order valence-electron chi connectivity index (χ1n) is 9.89. The maximum atomic E-state index is 12.7. The number of hydrogen-bond acceptors (Lipinski definition) is 5. The molecule has 8 heteroatoms. The predicted molar refractivity (Wildman–Crippen MR) is 108 cm³/mol. The summed E-state index contributed by atoms with van der Waals surface area (Å²) in [4.78, 5) is 21.5. The number of carbonyl (C=O) groups is 1. The zero-order valence-electron chi connectivity index (χ0n) is 15.8. The number of nitrogens with one attached hydrogen (secondary N) is 3. The van der Waals surface area contributed by atoms with Crippen LogP contribution in [-0.4, -0.2) is 45.9 Å². The van der Waals surface area contributed by atoms with E-state index in [0.29, 0.717) is 18.4 Å². The first-order valence-corrected chi connectivity index (χ1v) is 10.3. The second kappa shape index (κ2) is 8.61. The van der Waals surface area contributed by atoms with Gasteiger partial charge in [-0.1, -0.05) is 29.8 Å². The Bertz CT molecular complexity index is 790. The summed E-state index contributed by atoms with van der Waals surface area (Å²) in [5.41, 5.74) is 15.0. The van der Waals surface area contributed by atoms with E-state index in [0.717, 1.165) is 48.6 Å². The normalized spacial score (nSPS) is 24.4. The lowest BCUT2D eigenvalue weighted by molar-refractivity contribution is -0.134. The van der Waals surface area contributed by atoms with E-state index in [1.807, 2.05) is 23.1 Å². The van der Waals surface area contributed by atoms with Gasteiger partial charge in [0.15, 0.2) is 0 Å². The molecule has 2 aliphatic rings. The van der Waals surface area contributed by atoms with E-state index < -0.39 is 6.04 Å². The number of carbonyl (C=O) groups excluding carboxylic acids is 1. The monoisotopic (exact) mass is 402 g/mol. The summed E-state index contributed by atoms with van der Waals surface area (Å²) in [5, 5.41) is 0.800. The van der Waals surface area contributed by atoms with Gasteiger partial charge in [0.05, 0.1) is 12.4 Å². The zero-order chi connectivity index (χ0) is 19.5. The van der Waals surface area contributed by atoms with Gasteiger partial charge >= 0.3 is 0 Å². The van der Waals surface area contributed by atoms with Crippen LogP contribution in [0.3, 0.4) is 0 Å². The number of halogens is 1. The van der Waals surface area contributed by atoms with Gasteiger partial charge in [-0.25, -0.2) is 10.4 Å². The summed E-state index contributed by atoms with van der Waals surface area (Å²) >= 11 is 6.34. The minimum absolute atomic E-state index is 0.0273. The van der Waals surface area contributed by atoms with Crippen molar-refractivity contribution in [2.75, 3.05) is 13.1 Å². The van der Waals surface area contributed by atoms with Crippen molar-refractivity contribution in [2.45, 2.75) is 43.8 Å². The third-order valence-electron chi connectivity index (χ3n) is 5.95. The first-order chi connectivity index (χ1) is 13.6. The molecule has 0 aliphatic carbocycles. The molecule has 150 valence electrons. The molecule has 2 aliphatic heterocycles. The number of amides is 1. The molecule has 0 saturated carbocycles. The molecule has 5 N–H and O–H groups in total. The Morgan fingerprint density at radius 1 is 1.29 bits per heavy atom. The molecule has 1 aromatic heterocycles. The SMILES string of the molecule is N[C@@H](Cc1cnc[nH]1)C(=O)N1CCC(C2CC(c3ccccc3Cl)NN2)CC1. The van der Waals surface area contributed by atoms with E-state index in [1.54, 1.807) is 12.5 Å². The van der Waals surface area contributed by atoms with Gasteiger partial charge < -0.3 is 15.6 Å². The summed E-state index contributed by atoms with van der Waals surface area (Å²) in [5.74, 6) is 0.562. The highest BCUT2D eigenvalue weighted by molar-refractivity contribution is 6.31. The molecule has 2 aromatic rings. The molecule has 0 bridgehead atoms. The van der Waals surface area contributed by atoms with Crippen LogP contribution in [0.1, 0.15) is 36.6 Å². The topological polar surface area (TPSA) is 99.1 Å². The summed E-state index contributed by atoms with van der Waals surface area (Å²) in [6.07, 6.45) is 6.78. The molecule has 1 aromatic carbocycles. The van der Waals surface area contributed by atoms with Crippen LogP contribution in [0.15, 0.2) is 36.8 Å². The lowest BCUT2D eigenvalue weighted by atomic mass is 9.86. The second-order valence-electron chi connectivity index (χ2n) is 7.76. The van der Waals surface area contributed by atoms with E-state index in [-0.39, 0.29) is 11.9 Å². The van der Waals surface area contributed by atoms with Crippen LogP contribution < -0.4 is 16.6 Å². The van der Waals surface area contributed by atoms with E-state index in [4.69, 9.17) is 17.3 Å². The number of piperidine rings is 1. The summed E-state index contributed by atoms with van der Waals surface area (Å²) in [6.45, 7) is 1.52. The Morgan fingerprint density at radius 2 is 2.07 bits per heavy atom. The van der Waals surface area contributed by atoms with Gasteiger partial charge in [0.1, 0.15) is 0 Å². The van der Waals surface area contributed by atoms with Crippen LogP contribution >= 0.6 is 11.6 Å². The van der Waals surface area contributed by atoms with Crippen molar-refractivity contribution in [3.8, 4) is 0 Å². The maximum Gasteiger partial charge on any atom is 0.239 e. The summed E-state index contributed by atoms with van der Waals surface area (Å²) in [7, 11) is 0. The third kappa shape index (κ3) is 4.22. The molecule has 2 saturated heterocycles. The van der Waals surface area contributed by atoms with Crippen molar-refractivity contribution >= 4 is 17.5 Å². The smallest absolute Gasteiger partial charge is 0.239 e. The number of aromatic amines is 1. The molecule has 0 radical (unpaired) electrons. The Hall–Kier alpha value is -1.93. The minimum atomic E-state index is -0.520. The van der Waals surface area contributed by atoms with Gasteiger partial charge in [-0.05, 0) is 36.8 Å². The van der Waals surface area contributed by atoms with Crippen LogP contribution in [0, 0.1) is 5.92 Å². The fraction of sp³-hybridized carbons (Fsp3) is 0.500. The molecule has 3 atom stereocenters. The highest BCUT2D eigenvalue weighted by Gasteiger charge is 2.35. The molecular weight excluding hydrogens is 376 g/mol. The van der Waals surface area contributed by atoms with Gasteiger partial charge in [0.2, 0.25) is 5.91 Å². The molecule has 1 amide bonds. The number of H-pyrrole nitrogens is 1. The first kappa shape index (κ1) is 19.4. The third-order valence-corrected chi connectivity index (χ3v) is 6.29. The van der Waals surface area contributed by atoms with Crippen molar-refractivity contribution in [3.63, 3.8) is 0 Å². The quantitative estimate of drug-likeness (QED) is 0.611. The number of nitrogens with zero attached hydrogens (tertiary/aromatic N) is 2. The maximum absolute atomic E-state index is 12.7. The number of hydrogen-bond donors (Lipinski definition) is 4. The number of rotatable bonds is 5. The molecular formula is C20H27ClN6O. The van der Waals surface area contributed by atoms with Gasteiger partial charge in [-0.2, -0.15) is 0 Å². The molecule has 28 heavy (non-hydrogen) atoms. The van der Waals surface area contributed by atoms with Crippen LogP contribution in [0.4, 0.5) is 0 Å². The number of hydrazine groups is 1. The van der Waals surface area contributed by atoms with E-state index in [1.165, 1.54) is 0 Å². The van der Waals surface area contributed by atoms with Crippen LogP contribution in [0.2, 0.25) is 5.02 Å². The Balaban J connectivity index is 1.27. The predicted octanol–water partition coefficient (Wildman–Crippen LogP) is 1.78.